The molecule has 1 heterocycles. The molecule has 1 aromatic heterocycles. The van der Waals surface area contributed by atoms with Gasteiger partial charge in [0, 0.05) is 6.54 Å². The highest BCUT2D eigenvalue weighted by atomic mass is 16.5. The van der Waals surface area contributed by atoms with Gasteiger partial charge in [0.25, 0.3) is 0 Å². The van der Waals surface area contributed by atoms with Gasteiger partial charge < -0.3 is 18.6 Å². The van der Waals surface area contributed by atoms with Crippen molar-refractivity contribution in [3.8, 4) is 11.5 Å². The number of hydrogen-bond donors (Lipinski definition) is 1. The number of para-hydroxylation sites is 4. The normalized spacial score (nSPS) is 10.7. The molecule has 3 aromatic rings. The first-order chi connectivity index (χ1) is 11.8. The van der Waals surface area contributed by atoms with Crippen LogP contribution in [0.2, 0.25) is 0 Å². The summed E-state index contributed by atoms with van der Waals surface area (Å²) in [6.07, 6.45) is 1.81. The van der Waals surface area contributed by atoms with E-state index >= 15 is 0 Å². The molecule has 0 bridgehead atoms. The first-order valence-electron chi connectivity index (χ1n) is 7.85. The first-order valence-corrected chi connectivity index (χ1v) is 7.85. The predicted molar refractivity (Wildman–Crippen MR) is 94.5 cm³/mol. The number of ether oxygens (including phenoxy) is 2. The van der Waals surface area contributed by atoms with Crippen molar-refractivity contribution in [2.45, 2.75) is 13.1 Å². The van der Waals surface area contributed by atoms with Crippen LogP contribution in [-0.2, 0) is 13.1 Å². The Bertz CT molecular complexity index is 908. The minimum atomic E-state index is 0.444. The number of hydrogen-bond acceptors (Lipinski definition) is 3. The number of nitrogens with one attached hydrogen (secondary N) is 1. The van der Waals surface area contributed by atoms with Gasteiger partial charge in [-0.15, -0.1) is 6.58 Å². The molecule has 3 rings (SSSR count). The zero-order valence-corrected chi connectivity index (χ0v) is 13.7. The van der Waals surface area contributed by atoms with Gasteiger partial charge in [-0.3, -0.25) is 5.41 Å². The first kappa shape index (κ1) is 15.9. The number of methoxy groups -OCH3 is 1. The number of rotatable bonds is 7. The van der Waals surface area contributed by atoms with E-state index in [0.29, 0.717) is 36.8 Å². The third-order valence-electron chi connectivity index (χ3n) is 3.93. The molecule has 0 unspecified atom stereocenters. The van der Waals surface area contributed by atoms with E-state index < -0.39 is 0 Å². The molecule has 0 saturated carbocycles. The van der Waals surface area contributed by atoms with E-state index in [0.717, 1.165) is 11.0 Å². The Kier molecular flexibility index (Phi) is 4.70. The second kappa shape index (κ2) is 7.08. The second-order valence-corrected chi connectivity index (χ2v) is 5.36. The standard InChI is InChI=1S/C19H21N3O2/c1-3-12-21-15-8-4-5-9-16(15)22(19(21)20)13-14-24-18-11-7-6-10-17(18)23-2/h3-11,20H,1,12-14H2,2H3. The molecule has 1 N–H and O–H groups in total. The Hall–Kier alpha value is -2.95. The summed E-state index contributed by atoms with van der Waals surface area (Å²) < 4.78 is 15.0. The lowest BCUT2D eigenvalue weighted by Gasteiger charge is -2.11. The van der Waals surface area contributed by atoms with Crippen LogP contribution in [0.4, 0.5) is 0 Å². The third kappa shape index (κ3) is 2.93. The zero-order chi connectivity index (χ0) is 16.9. The summed E-state index contributed by atoms with van der Waals surface area (Å²) in [6, 6.07) is 15.6. The lowest BCUT2D eigenvalue weighted by Crippen LogP contribution is -2.26. The molecular weight excluding hydrogens is 302 g/mol. The number of aromatic nitrogens is 2. The van der Waals surface area contributed by atoms with Gasteiger partial charge in [0.05, 0.1) is 24.7 Å². The molecule has 0 aliphatic carbocycles. The SMILES string of the molecule is C=CCn1c(=N)n(CCOc2ccccc2OC)c2ccccc21. The van der Waals surface area contributed by atoms with E-state index in [9.17, 15) is 0 Å². The molecule has 0 aliphatic rings. The summed E-state index contributed by atoms with van der Waals surface area (Å²) in [5.74, 6) is 1.42. The van der Waals surface area contributed by atoms with Crippen molar-refractivity contribution in [2.24, 2.45) is 0 Å². The molecule has 0 spiro atoms. The van der Waals surface area contributed by atoms with Crippen LogP contribution in [0.3, 0.4) is 0 Å². The summed E-state index contributed by atoms with van der Waals surface area (Å²) in [5.41, 5.74) is 2.49. The highest BCUT2D eigenvalue weighted by molar-refractivity contribution is 5.75. The molecule has 24 heavy (non-hydrogen) atoms. The fraction of sp³-hybridized carbons (Fsp3) is 0.211. The number of fused-ring (bicyclic) bond motifs is 1. The maximum atomic E-state index is 8.44. The monoisotopic (exact) mass is 323 g/mol. The van der Waals surface area contributed by atoms with Crippen LogP contribution in [0.25, 0.3) is 11.0 Å². The largest absolute Gasteiger partial charge is 0.493 e. The summed E-state index contributed by atoms with van der Waals surface area (Å²) in [4.78, 5) is 0. The highest BCUT2D eigenvalue weighted by Crippen LogP contribution is 2.25. The van der Waals surface area contributed by atoms with Crippen LogP contribution in [0.1, 0.15) is 0 Å². The van der Waals surface area contributed by atoms with Gasteiger partial charge in [-0.1, -0.05) is 30.3 Å². The number of benzene rings is 2. The quantitative estimate of drug-likeness (QED) is 0.679. The molecule has 0 fully saturated rings. The summed E-state index contributed by atoms with van der Waals surface area (Å²) in [6.45, 7) is 5.44. The Balaban J connectivity index is 1.84. The summed E-state index contributed by atoms with van der Waals surface area (Å²) in [5, 5.41) is 8.44. The molecule has 0 saturated heterocycles. The smallest absolute Gasteiger partial charge is 0.203 e. The maximum Gasteiger partial charge on any atom is 0.203 e. The Morgan fingerprint density at radius 3 is 2.29 bits per heavy atom. The molecule has 5 heteroatoms. The maximum absolute atomic E-state index is 8.44. The van der Waals surface area contributed by atoms with Crippen molar-refractivity contribution >= 4 is 11.0 Å². The van der Waals surface area contributed by atoms with Crippen LogP contribution in [0.5, 0.6) is 11.5 Å². The van der Waals surface area contributed by atoms with E-state index in [4.69, 9.17) is 14.9 Å². The van der Waals surface area contributed by atoms with Gasteiger partial charge in [0.1, 0.15) is 6.61 Å². The van der Waals surface area contributed by atoms with E-state index in [2.05, 4.69) is 6.58 Å². The predicted octanol–water partition coefficient (Wildman–Crippen LogP) is 3.20. The average Bonchev–Trinajstić information content (AvgIpc) is 2.88. The fourth-order valence-electron chi connectivity index (χ4n) is 2.82. The lowest BCUT2D eigenvalue weighted by atomic mass is 10.3. The minimum Gasteiger partial charge on any atom is -0.493 e. The van der Waals surface area contributed by atoms with Crippen molar-refractivity contribution in [2.75, 3.05) is 13.7 Å². The highest BCUT2D eigenvalue weighted by Gasteiger charge is 2.10. The van der Waals surface area contributed by atoms with Crippen molar-refractivity contribution in [3.05, 3.63) is 66.8 Å². The third-order valence-corrected chi connectivity index (χ3v) is 3.93. The Morgan fingerprint density at radius 1 is 1.00 bits per heavy atom. The molecule has 5 nitrogen and oxygen atoms in total. The van der Waals surface area contributed by atoms with Crippen LogP contribution in [0.15, 0.2) is 61.2 Å². The molecule has 0 aliphatic heterocycles. The number of nitrogens with zero attached hydrogens (tertiary/aromatic N) is 2. The van der Waals surface area contributed by atoms with Gasteiger partial charge in [-0.05, 0) is 24.3 Å². The fourth-order valence-corrected chi connectivity index (χ4v) is 2.82. The van der Waals surface area contributed by atoms with E-state index in [1.807, 2.05) is 57.7 Å². The van der Waals surface area contributed by atoms with Crippen molar-refractivity contribution in [3.63, 3.8) is 0 Å². The van der Waals surface area contributed by atoms with Gasteiger partial charge in [-0.2, -0.15) is 0 Å². The zero-order valence-electron chi connectivity index (χ0n) is 13.7. The van der Waals surface area contributed by atoms with Crippen LogP contribution in [0, 0.1) is 5.41 Å². The van der Waals surface area contributed by atoms with Gasteiger partial charge in [0.2, 0.25) is 5.62 Å². The van der Waals surface area contributed by atoms with Crippen molar-refractivity contribution in [1.82, 2.24) is 9.13 Å². The van der Waals surface area contributed by atoms with E-state index in [1.165, 1.54) is 0 Å². The lowest BCUT2D eigenvalue weighted by molar-refractivity contribution is 0.278. The van der Waals surface area contributed by atoms with Gasteiger partial charge >= 0.3 is 0 Å². The average molecular weight is 323 g/mol. The minimum absolute atomic E-state index is 0.444. The van der Waals surface area contributed by atoms with Crippen LogP contribution >= 0.6 is 0 Å². The van der Waals surface area contributed by atoms with Gasteiger partial charge in [0.15, 0.2) is 11.5 Å². The summed E-state index contributed by atoms with van der Waals surface area (Å²) >= 11 is 0. The van der Waals surface area contributed by atoms with E-state index in [1.54, 1.807) is 13.2 Å². The summed E-state index contributed by atoms with van der Waals surface area (Å²) in [7, 11) is 1.63. The van der Waals surface area contributed by atoms with Crippen LogP contribution in [-0.4, -0.2) is 22.9 Å². The Morgan fingerprint density at radius 2 is 1.62 bits per heavy atom. The molecule has 2 aromatic carbocycles. The molecular formula is C19H21N3O2. The second-order valence-electron chi connectivity index (χ2n) is 5.36. The molecule has 0 radical (unpaired) electrons. The van der Waals surface area contributed by atoms with Gasteiger partial charge in [-0.25, -0.2) is 0 Å². The van der Waals surface area contributed by atoms with Crippen molar-refractivity contribution < 1.29 is 9.47 Å². The molecule has 0 amide bonds. The topological polar surface area (TPSA) is 52.2 Å². The van der Waals surface area contributed by atoms with Crippen LogP contribution < -0.4 is 15.1 Å². The number of allylic oxidation sites excluding steroid dienone is 1. The van der Waals surface area contributed by atoms with E-state index in [-0.39, 0.29) is 0 Å². The Labute approximate surface area is 140 Å². The number of imidazole rings is 1. The molecule has 124 valence electrons. The molecule has 0 atom stereocenters. The van der Waals surface area contributed by atoms with Crippen molar-refractivity contribution in [1.29, 1.82) is 5.41 Å².